The van der Waals surface area contributed by atoms with Gasteiger partial charge in [0.2, 0.25) is 0 Å². The second-order valence-corrected chi connectivity index (χ2v) is 3.51. The molecule has 80 valence electrons. The fourth-order valence-corrected chi connectivity index (χ4v) is 1.57. The minimum absolute atomic E-state index is 0.430. The van der Waals surface area contributed by atoms with E-state index in [2.05, 4.69) is 9.97 Å². The van der Waals surface area contributed by atoms with E-state index < -0.39 is 6.29 Å². The van der Waals surface area contributed by atoms with Gasteiger partial charge >= 0.3 is 0 Å². The number of hydrogen-bond acceptors (Lipinski definition) is 3. The Balaban J connectivity index is 2.38. The molecule has 2 aromatic heterocycles. The third kappa shape index (κ3) is 2.12. The number of ether oxygens (including phenoxy) is 1. The monoisotopic (exact) mass is 226 g/mol. The number of aliphatic hydroxyl groups excluding tert-OH is 1. The molecule has 0 saturated heterocycles. The van der Waals surface area contributed by atoms with Gasteiger partial charge in [0.1, 0.15) is 5.15 Å². The lowest BCUT2D eigenvalue weighted by molar-refractivity contribution is -0.100. The summed E-state index contributed by atoms with van der Waals surface area (Å²) in [7, 11) is 0. The van der Waals surface area contributed by atoms with Crippen molar-refractivity contribution in [3.8, 4) is 0 Å². The van der Waals surface area contributed by atoms with Gasteiger partial charge in [-0.15, -0.1) is 0 Å². The van der Waals surface area contributed by atoms with E-state index in [0.717, 1.165) is 10.9 Å². The van der Waals surface area contributed by atoms with Gasteiger partial charge in [0.25, 0.3) is 0 Å². The Kier molecular flexibility index (Phi) is 2.90. The van der Waals surface area contributed by atoms with Crippen LogP contribution in [0.1, 0.15) is 18.9 Å². The van der Waals surface area contributed by atoms with Crippen molar-refractivity contribution in [1.29, 1.82) is 0 Å². The standard InChI is InChI=1S/C10H11ClN2O2/c1-2-15-10(14)7-3-6-4-9(11)12-5-8(6)13-7/h3-5,10,13-14H,2H2,1H3. The summed E-state index contributed by atoms with van der Waals surface area (Å²) in [6, 6.07) is 3.53. The maximum Gasteiger partial charge on any atom is 0.196 e. The highest BCUT2D eigenvalue weighted by molar-refractivity contribution is 6.30. The smallest absolute Gasteiger partial charge is 0.196 e. The molecule has 2 aromatic rings. The number of H-pyrrole nitrogens is 1. The number of pyridine rings is 1. The molecule has 0 radical (unpaired) electrons. The van der Waals surface area contributed by atoms with Gasteiger partial charge < -0.3 is 14.8 Å². The highest BCUT2D eigenvalue weighted by Crippen LogP contribution is 2.22. The van der Waals surface area contributed by atoms with Crippen LogP contribution in [0.5, 0.6) is 0 Å². The normalized spacial score (nSPS) is 13.3. The fourth-order valence-electron chi connectivity index (χ4n) is 1.41. The Morgan fingerprint density at radius 3 is 3.13 bits per heavy atom. The zero-order valence-electron chi connectivity index (χ0n) is 8.20. The van der Waals surface area contributed by atoms with E-state index >= 15 is 0 Å². The zero-order chi connectivity index (χ0) is 10.8. The number of fused-ring (bicyclic) bond motifs is 1. The van der Waals surface area contributed by atoms with Crippen molar-refractivity contribution in [3.05, 3.63) is 29.2 Å². The number of aromatic amines is 1. The van der Waals surface area contributed by atoms with Gasteiger partial charge in [-0.1, -0.05) is 11.6 Å². The lowest BCUT2D eigenvalue weighted by atomic mass is 10.3. The largest absolute Gasteiger partial charge is 0.363 e. The molecular weight excluding hydrogens is 216 g/mol. The van der Waals surface area contributed by atoms with Crippen LogP contribution in [-0.2, 0) is 4.74 Å². The van der Waals surface area contributed by atoms with Gasteiger partial charge in [0.05, 0.1) is 17.4 Å². The Morgan fingerprint density at radius 2 is 2.40 bits per heavy atom. The highest BCUT2D eigenvalue weighted by Gasteiger charge is 2.10. The molecule has 0 spiro atoms. The van der Waals surface area contributed by atoms with Crippen molar-refractivity contribution in [3.63, 3.8) is 0 Å². The second kappa shape index (κ2) is 4.18. The SMILES string of the molecule is CCOC(O)c1cc2cc(Cl)ncc2[nH]1. The van der Waals surface area contributed by atoms with Crippen LogP contribution in [0.4, 0.5) is 0 Å². The first kappa shape index (κ1) is 10.4. The molecule has 4 nitrogen and oxygen atoms in total. The molecule has 1 atom stereocenters. The lowest BCUT2D eigenvalue weighted by Crippen LogP contribution is -2.02. The van der Waals surface area contributed by atoms with Crippen molar-refractivity contribution in [2.45, 2.75) is 13.2 Å². The van der Waals surface area contributed by atoms with E-state index in [4.69, 9.17) is 16.3 Å². The number of nitrogens with one attached hydrogen (secondary N) is 1. The third-order valence-electron chi connectivity index (χ3n) is 2.08. The first-order valence-electron chi connectivity index (χ1n) is 4.64. The predicted molar refractivity (Wildman–Crippen MR) is 57.7 cm³/mol. The van der Waals surface area contributed by atoms with Crippen LogP contribution in [0, 0.1) is 0 Å². The minimum atomic E-state index is -0.929. The summed E-state index contributed by atoms with van der Waals surface area (Å²) < 4.78 is 5.06. The molecule has 0 amide bonds. The number of aromatic nitrogens is 2. The first-order chi connectivity index (χ1) is 7.20. The second-order valence-electron chi connectivity index (χ2n) is 3.13. The molecular formula is C10H11ClN2O2. The molecule has 0 aliphatic carbocycles. The van der Waals surface area contributed by atoms with Gasteiger partial charge in [-0.25, -0.2) is 4.98 Å². The molecule has 0 fully saturated rings. The van der Waals surface area contributed by atoms with Crippen LogP contribution in [0.2, 0.25) is 5.15 Å². The van der Waals surface area contributed by atoms with Crippen LogP contribution >= 0.6 is 11.6 Å². The van der Waals surface area contributed by atoms with Crippen molar-refractivity contribution < 1.29 is 9.84 Å². The van der Waals surface area contributed by atoms with E-state index in [1.54, 1.807) is 18.3 Å². The summed E-state index contributed by atoms with van der Waals surface area (Å²) in [5.41, 5.74) is 1.43. The average molecular weight is 227 g/mol. The molecule has 2 rings (SSSR count). The van der Waals surface area contributed by atoms with E-state index in [-0.39, 0.29) is 0 Å². The van der Waals surface area contributed by atoms with Crippen molar-refractivity contribution in [2.75, 3.05) is 6.61 Å². The summed E-state index contributed by atoms with van der Waals surface area (Å²) in [4.78, 5) is 6.95. The fraction of sp³-hybridized carbons (Fsp3) is 0.300. The van der Waals surface area contributed by atoms with Crippen molar-refractivity contribution >= 4 is 22.5 Å². The molecule has 2 N–H and O–H groups in total. The molecule has 5 heteroatoms. The zero-order valence-corrected chi connectivity index (χ0v) is 8.95. The summed E-state index contributed by atoms with van der Waals surface area (Å²) in [6.45, 7) is 2.28. The summed E-state index contributed by atoms with van der Waals surface area (Å²) in [6.07, 6.45) is 0.695. The number of halogens is 1. The number of nitrogens with zero attached hydrogens (tertiary/aromatic N) is 1. The van der Waals surface area contributed by atoms with Gasteiger partial charge in [-0.05, 0) is 19.1 Å². The molecule has 0 aromatic carbocycles. The molecule has 0 aliphatic heterocycles. The summed E-state index contributed by atoms with van der Waals surface area (Å²) in [5, 5.41) is 10.9. The topological polar surface area (TPSA) is 58.1 Å². The van der Waals surface area contributed by atoms with E-state index in [1.165, 1.54) is 0 Å². The van der Waals surface area contributed by atoms with Gasteiger partial charge in [-0.3, -0.25) is 0 Å². The van der Waals surface area contributed by atoms with Gasteiger partial charge in [0, 0.05) is 12.0 Å². The Bertz CT molecular complexity index is 469. The van der Waals surface area contributed by atoms with Crippen LogP contribution in [-0.4, -0.2) is 21.7 Å². The van der Waals surface area contributed by atoms with E-state index in [9.17, 15) is 5.11 Å². The summed E-state index contributed by atoms with van der Waals surface area (Å²) in [5.74, 6) is 0. The van der Waals surface area contributed by atoms with Crippen LogP contribution < -0.4 is 0 Å². The average Bonchev–Trinajstić information content (AvgIpc) is 2.60. The molecule has 0 saturated carbocycles. The lowest BCUT2D eigenvalue weighted by Gasteiger charge is -2.07. The van der Waals surface area contributed by atoms with Crippen LogP contribution in [0.3, 0.4) is 0 Å². The van der Waals surface area contributed by atoms with Crippen LogP contribution in [0.15, 0.2) is 18.3 Å². The number of aliphatic hydroxyl groups is 1. The van der Waals surface area contributed by atoms with E-state index in [0.29, 0.717) is 17.5 Å². The van der Waals surface area contributed by atoms with Gasteiger partial charge in [0.15, 0.2) is 6.29 Å². The third-order valence-corrected chi connectivity index (χ3v) is 2.29. The number of rotatable bonds is 3. The van der Waals surface area contributed by atoms with Crippen molar-refractivity contribution in [1.82, 2.24) is 9.97 Å². The Labute approximate surface area is 91.8 Å². The highest BCUT2D eigenvalue weighted by atomic mass is 35.5. The molecule has 0 aliphatic rings. The maximum absolute atomic E-state index is 9.58. The number of hydrogen-bond donors (Lipinski definition) is 2. The molecule has 0 bridgehead atoms. The molecule has 15 heavy (non-hydrogen) atoms. The molecule has 1 unspecified atom stereocenters. The Hall–Kier alpha value is -1.10. The van der Waals surface area contributed by atoms with Crippen LogP contribution in [0.25, 0.3) is 10.9 Å². The summed E-state index contributed by atoms with van der Waals surface area (Å²) >= 11 is 5.75. The predicted octanol–water partition coefficient (Wildman–Crippen LogP) is 2.24. The molecule has 2 heterocycles. The minimum Gasteiger partial charge on any atom is -0.363 e. The van der Waals surface area contributed by atoms with E-state index in [1.807, 2.05) is 6.92 Å². The van der Waals surface area contributed by atoms with Crippen molar-refractivity contribution in [2.24, 2.45) is 0 Å². The maximum atomic E-state index is 9.58. The van der Waals surface area contributed by atoms with Gasteiger partial charge in [-0.2, -0.15) is 0 Å². The quantitative estimate of drug-likeness (QED) is 0.623. The Morgan fingerprint density at radius 1 is 1.60 bits per heavy atom. The first-order valence-corrected chi connectivity index (χ1v) is 5.02.